The lowest BCUT2D eigenvalue weighted by atomic mass is 10.1. The summed E-state index contributed by atoms with van der Waals surface area (Å²) < 4.78 is 5.11. The number of halogens is 1. The molecular formula is C14H22ClNO2. The molecule has 0 aromatic heterocycles. The van der Waals surface area contributed by atoms with E-state index in [1.54, 1.807) is 0 Å². The van der Waals surface area contributed by atoms with Gasteiger partial charge in [-0.3, -0.25) is 4.79 Å². The average molecular weight is 272 g/mol. The predicted octanol–water partition coefficient (Wildman–Crippen LogP) is 2.71. The topological polar surface area (TPSA) is 52.3 Å². The van der Waals surface area contributed by atoms with Crippen molar-refractivity contribution in [2.75, 3.05) is 6.61 Å². The number of ether oxygens (including phenoxy) is 1. The third-order valence-corrected chi connectivity index (χ3v) is 2.59. The molecule has 0 radical (unpaired) electrons. The molecule has 1 rings (SSSR count). The predicted molar refractivity (Wildman–Crippen MR) is 75.9 cm³/mol. The molecule has 102 valence electrons. The quantitative estimate of drug-likeness (QED) is 0.613. The summed E-state index contributed by atoms with van der Waals surface area (Å²) in [5, 5.41) is 0. The molecule has 0 saturated heterocycles. The largest absolute Gasteiger partial charge is 0.465 e. The number of carbonyl (C=O) groups excluding carboxylic acids is 1. The van der Waals surface area contributed by atoms with E-state index in [9.17, 15) is 4.79 Å². The Morgan fingerprint density at radius 3 is 2.56 bits per heavy atom. The van der Waals surface area contributed by atoms with E-state index in [1.165, 1.54) is 0 Å². The zero-order chi connectivity index (χ0) is 12.5. The Bertz CT molecular complexity index is 330. The summed E-state index contributed by atoms with van der Waals surface area (Å²) in [6.07, 6.45) is 3.66. The van der Waals surface area contributed by atoms with Gasteiger partial charge in [0.1, 0.15) is 6.04 Å². The van der Waals surface area contributed by atoms with Crippen LogP contribution in [0.1, 0.15) is 31.7 Å². The monoisotopic (exact) mass is 271 g/mol. The molecule has 0 aliphatic heterocycles. The SMILES string of the molecule is CCCCCOC(=O)C(N)Cc1ccccc1.Cl. The molecule has 0 fully saturated rings. The van der Waals surface area contributed by atoms with Gasteiger partial charge in [-0.15, -0.1) is 12.4 Å². The van der Waals surface area contributed by atoms with E-state index < -0.39 is 6.04 Å². The summed E-state index contributed by atoms with van der Waals surface area (Å²) in [5.74, 6) is -0.301. The molecule has 1 atom stereocenters. The van der Waals surface area contributed by atoms with Crippen LogP contribution in [0.4, 0.5) is 0 Å². The van der Waals surface area contributed by atoms with Gasteiger partial charge in [-0.05, 0) is 18.4 Å². The highest BCUT2D eigenvalue weighted by Gasteiger charge is 2.14. The van der Waals surface area contributed by atoms with Gasteiger partial charge in [0, 0.05) is 0 Å². The summed E-state index contributed by atoms with van der Waals surface area (Å²) >= 11 is 0. The standard InChI is InChI=1S/C14H21NO2.ClH/c1-2-3-7-10-17-14(16)13(15)11-12-8-5-4-6-9-12;/h4-6,8-9,13H,2-3,7,10-11,15H2,1H3;1H. The molecule has 1 aromatic rings. The van der Waals surface area contributed by atoms with Gasteiger partial charge in [-0.2, -0.15) is 0 Å². The minimum atomic E-state index is -0.556. The van der Waals surface area contributed by atoms with Gasteiger partial charge in [0.05, 0.1) is 6.61 Å². The fourth-order valence-electron chi connectivity index (χ4n) is 1.58. The van der Waals surface area contributed by atoms with E-state index in [4.69, 9.17) is 10.5 Å². The summed E-state index contributed by atoms with van der Waals surface area (Å²) in [7, 11) is 0. The average Bonchev–Trinajstić information content (AvgIpc) is 2.35. The van der Waals surface area contributed by atoms with Gasteiger partial charge >= 0.3 is 5.97 Å². The Morgan fingerprint density at radius 1 is 1.28 bits per heavy atom. The first-order chi connectivity index (χ1) is 8.24. The Kier molecular flexibility index (Phi) is 9.33. The van der Waals surface area contributed by atoms with Crippen molar-refractivity contribution in [3.8, 4) is 0 Å². The highest BCUT2D eigenvalue weighted by atomic mass is 35.5. The van der Waals surface area contributed by atoms with E-state index in [-0.39, 0.29) is 18.4 Å². The Hall–Kier alpha value is -1.06. The minimum absolute atomic E-state index is 0. The van der Waals surface area contributed by atoms with Gasteiger partial charge in [0.15, 0.2) is 0 Å². The maximum Gasteiger partial charge on any atom is 0.323 e. The van der Waals surface area contributed by atoms with Crippen LogP contribution in [0.25, 0.3) is 0 Å². The molecule has 1 unspecified atom stereocenters. The first-order valence-electron chi connectivity index (χ1n) is 6.20. The lowest BCUT2D eigenvalue weighted by Crippen LogP contribution is -2.34. The second kappa shape index (κ2) is 9.92. The zero-order valence-electron chi connectivity index (χ0n) is 10.8. The number of esters is 1. The first kappa shape index (κ1) is 16.9. The highest BCUT2D eigenvalue weighted by molar-refractivity contribution is 5.85. The van der Waals surface area contributed by atoms with Gasteiger partial charge < -0.3 is 10.5 Å². The molecule has 0 saturated carbocycles. The van der Waals surface area contributed by atoms with Crippen LogP contribution in [0.2, 0.25) is 0 Å². The van der Waals surface area contributed by atoms with Crippen molar-refractivity contribution in [3.05, 3.63) is 35.9 Å². The van der Waals surface area contributed by atoms with E-state index in [0.717, 1.165) is 24.8 Å². The van der Waals surface area contributed by atoms with E-state index in [2.05, 4.69) is 6.92 Å². The summed E-state index contributed by atoms with van der Waals surface area (Å²) in [6, 6.07) is 9.19. The van der Waals surface area contributed by atoms with Crippen LogP contribution >= 0.6 is 12.4 Å². The van der Waals surface area contributed by atoms with Crippen molar-refractivity contribution >= 4 is 18.4 Å². The Labute approximate surface area is 115 Å². The molecule has 2 N–H and O–H groups in total. The van der Waals surface area contributed by atoms with Crippen LogP contribution in [-0.4, -0.2) is 18.6 Å². The molecule has 0 heterocycles. The normalized spacial score (nSPS) is 11.4. The fourth-order valence-corrected chi connectivity index (χ4v) is 1.58. The van der Waals surface area contributed by atoms with Gasteiger partial charge in [0.25, 0.3) is 0 Å². The number of nitrogens with two attached hydrogens (primary N) is 1. The number of benzene rings is 1. The Morgan fingerprint density at radius 2 is 1.94 bits per heavy atom. The molecule has 3 nitrogen and oxygen atoms in total. The molecule has 0 spiro atoms. The third-order valence-electron chi connectivity index (χ3n) is 2.59. The van der Waals surface area contributed by atoms with Crippen LogP contribution in [0.3, 0.4) is 0 Å². The summed E-state index contributed by atoms with van der Waals surface area (Å²) in [5.41, 5.74) is 6.85. The van der Waals surface area contributed by atoms with E-state index >= 15 is 0 Å². The maximum absolute atomic E-state index is 11.6. The number of carbonyl (C=O) groups is 1. The molecule has 0 aliphatic rings. The van der Waals surface area contributed by atoms with Crippen molar-refractivity contribution in [1.29, 1.82) is 0 Å². The highest BCUT2D eigenvalue weighted by Crippen LogP contribution is 2.03. The van der Waals surface area contributed by atoms with Gasteiger partial charge in [0.2, 0.25) is 0 Å². The molecule has 0 aliphatic carbocycles. The molecule has 0 bridgehead atoms. The fraction of sp³-hybridized carbons (Fsp3) is 0.500. The van der Waals surface area contributed by atoms with Crippen LogP contribution in [-0.2, 0) is 16.0 Å². The second-order valence-electron chi connectivity index (χ2n) is 4.17. The maximum atomic E-state index is 11.6. The summed E-state index contributed by atoms with van der Waals surface area (Å²) in [4.78, 5) is 11.6. The van der Waals surface area contributed by atoms with Crippen LogP contribution in [0.15, 0.2) is 30.3 Å². The van der Waals surface area contributed by atoms with Gasteiger partial charge in [-0.25, -0.2) is 0 Å². The van der Waals surface area contributed by atoms with Crippen LogP contribution in [0.5, 0.6) is 0 Å². The zero-order valence-corrected chi connectivity index (χ0v) is 11.6. The van der Waals surface area contributed by atoms with E-state index in [0.29, 0.717) is 13.0 Å². The van der Waals surface area contributed by atoms with Crippen LogP contribution < -0.4 is 5.73 Å². The molecular weight excluding hydrogens is 250 g/mol. The van der Waals surface area contributed by atoms with Gasteiger partial charge in [-0.1, -0.05) is 50.1 Å². The van der Waals surface area contributed by atoms with Crippen molar-refractivity contribution in [2.24, 2.45) is 5.73 Å². The third kappa shape index (κ3) is 6.62. The van der Waals surface area contributed by atoms with E-state index in [1.807, 2.05) is 30.3 Å². The van der Waals surface area contributed by atoms with Crippen molar-refractivity contribution < 1.29 is 9.53 Å². The number of hydrogen-bond donors (Lipinski definition) is 1. The Balaban J connectivity index is 0.00000289. The smallest absolute Gasteiger partial charge is 0.323 e. The first-order valence-corrected chi connectivity index (χ1v) is 6.20. The lowest BCUT2D eigenvalue weighted by molar-refractivity contribution is -0.145. The van der Waals surface area contributed by atoms with Crippen molar-refractivity contribution in [2.45, 2.75) is 38.6 Å². The van der Waals surface area contributed by atoms with Crippen molar-refractivity contribution in [1.82, 2.24) is 0 Å². The molecule has 18 heavy (non-hydrogen) atoms. The number of rotatable bonds is 7. The molecule has 4 heteroatoms. The summed E-state index contributed by atoms with van der Waals surface area (Å²) in [6.45, 7) is 2.60. The lowest BCUT2D eigenvalue weighted by Gasteiger charge is -2.11. The van der Waals surface area contributed by atoms with Crippen LogP contribution in [0, 0.1) is 0 Å². The second-order valence-corrected chi connectivity index (χ2v) is 4.17. The molecule has 1 aromatic carbocycles. The minimum Gasteiger partial charge on any atom is -0.465 e. The number of hydrogen-bond acceptors (Lipinski definition) is 3. The van der Waals surface area contributed by atoms with Crippen molar-refractivity contribution in [3.63, 3.8) is 0 Å². The number of unbranched alkanes of at least 4 members (excludes halogenated alkanes) is 2. The molecule has 0 amide bonds.